The first-order chi connectivity index (χ1) is 9.72. The minimum Gasteiger partial charge on any atom is -0.387 e. The molecule has 0 aromatic heterocycles. The second-order valence-electron chi connectivity index (χ2n) is 6.13. The summed E-state index contributed by atoms with van der Waals surface area (Å²) in [6.07, 6.45) is 8.27. The van der Waals surface area contributed by atoms with Gasteiger partial charge in [0.05, 0.1) is 6.10 Å². The van der Waals surface area contributed by atoms with Crippen LogP contribution in [0.3, 0.4) is 0 Å². The Morgan fingerprint density at radius 3 is 2.65 bits per heavy atom. The van der Waals surface area contributed by atoms with Crippen molar-refractivity contribution in [2.75, 3.05) is 6.54 Å². The van der Waals surface area contributed by atoms with Crippen LogP contribution in [-0.2, 0) is 12.8 Å². The quantitative estimate of drug-likeness (QED) is 0.743. The highest BCUT2D eigenvalue weighted by molar-refractivity contribution is 5.35. The van der Waals surface area contributed by atoms with E-state index in [1.165, 1.54) is 56.1 Å². The van der Waals surface area contributed by atoms with Gasteiger partial charge in [-0.15, -0.1) is 0 Å². The lowest BCUT2D eigenvalue weighted by molar-refractivity contribution is 0.136. The fourth-order valence-electron chi connectivity index (χ4n) is 3.04. The third kappa shape index (κ3) is 4.07. The minimum absolute atomic E-state index is 0.119. The van der Waals surface area contributed by atoms with Gasteiger partial charge in [-0.05, 0) is 62.3 Å². The van der Waals surface area contributed by atoms with E-state index < -0.39 is 6.10 Å². The maximum atomic E-state index is 10.5. The second kappa shape index (κ2) is 7.80. The lowest BCUT2D eigenvalue weighted by Crippen LogP contribution is -2.33. The highest BCUT2D eigenvalue weighted by atomic mass is 16.3. The Bertz CT molecular complexity index is 416. The van der Waals surface area contributed by atoms with Gasteiger partial charge < -0.3 is 10.4 Å². The Kier molecular flexibility index (Phi) is 6.06. The molecule has 0 saturated carbocycles. The van der Waals surface area contributed by atoms with Gasteiger partial charge in [-0.1, -0.05) is 38.0 Å². The maximum absolute atomic E-state index is 10.5. The van der Waals surface area contributed by atoms with E-state index in [9.17, 15) is 5.11 Å². The monoisotopic (exact) mass is 275 g/mol. The average Bonchev–Trinajstić information content (AvgIpc) is 2.50. The Balaban J connectivity index is 1.92. The van der Waals surface area contributed by atoms with Gasteiger partial charge in [-0.25, -0.2) is 0 Å². The van der Waals surface area contributed by atoms with Crippen molar-refractivity contribution in [2.24, 2.45) is 0 Å². The number of rotatable bonds is 7. The SMILES string of the molecule is CCCCCNC(C)C(O)c1ccc2c(c1)CCCC2. The van der Waals surface area contributed by atoms with Crippen LogP contribution in [0.4, 0.5) is 0 Å². The largest absolute Gasteiger partial charge is 0.387 e. The molecule has 0 radical (unpaired) electrons. The molecule has 1 aliphatic carbocycles. The topological polar surface area (TPSA) is 32.3 Å². The molecule has 1 aromatic carbocycles. The van der Waals surface area contributed by atoms with Gasteiger partial charge in [-0.2, -0.15) is 0 Å². The molecular formula is C18H29NO. The van der Waals surface area contributed by atoms with Gasteiger partial charge in [0.2, 0.25) is 0 Å². The maximum Gasteiger partial charge on any atom is 0.0940 e. The van der Waals surface area contributed by atoms with Crippen molar-refractivity contribution in [1.82, 2.24) is 5.32 Å². The molecule has 2 nitrogen and oxygen atoms in total. The van der Waals surface area contributed by atoms with E-state index in [1.807, 2.05) is 0 Å². The molecule has 0 saturated heterocycles. The van der Waals surface area contributed by atoms with Crippen LogP contribution in [0.25, 0.3) is 0 Å². The molecule has 1 aliphatic rings. The van der Waals surface area contributed by atoms with Gasteiger partial charge >= 0.3 is 0 Å². The van der Waals surface area contributed by atoms with Crippen molar-refractivity contribution in [3.8, 4) is 0 Å². The van der Waals surface area contributed by atoms with Crippen LogP contribution in [0.5, 0.6) is 0 Å². The number of aliphatic hydroxyl groups is 1. The zero-order chi connectivity index (χ0) is 14.4. The van der Waals surface area contributed by atoms with Crippen LogP contribution in [0.15, 0.2) is 18.2 Å². The number of aliphatic hydroxyl groups excluding tert-OH is 1. The molecule has 0 heterocycles. The molecule has 2 rings (SSSR count). The number of benzene rings is 1. The van der Waals surface area contributed by atoms with E-state index in [4.69, 9.17) is 0 Å². The molecule has 0 bridgehead atoms. The summed E-state index contributed by atoms with van der Waals surface area (Å²) in [5.41, 5.74) is 4.00. The Labute approximate surface area is 123 Å². The van der Waals surface area contributed by atoms with Crippen molar-refractivity contribution in [3.05, 3.63) is 34.9 Å². The first kappa shape index (κ1) is 15.5. The summed E-state index contributed by atoms with van der Waals surface area (Å²) in [6, 6.07) is 6.67. The summed E-state index contributed by atoms with van der Waals surface area (Å²) in [5, 5.41) is 13.9. The van der Waals surface area contributed by atoms with Gasteiger partial charge in [-0.3, -0.25) is 0 Å². The Morgan fingerprint density at radius 1 is 1.15 bits per heavy atom. The van der Waals surface area contributed by atoms with Crippen LogP contribution < -0.4 is 5.32 Å². The number of nitrogens with one attached hydrogen (secondary N) is 1. The smallest absolute Gasteiger partial charge is 0.0940 e. The van der Waals surface area contributed by atoms with Crippen molar-refractivity contribution in [2.45, 2.75) is 70.9 Å². The average molecular weight is 275 g/mol. The van der Waals surface area contributed by atoms with Crippen LogP contribution in [0.1, 0.15) is 68.7 Å². The lowest BCUT2D eigenvalue weighted by Gasteiger charge is -2.23. The van der Waals surface area contributed by atoms with Gasteiger partial charge in [0.1, 0.15) is 0 Å². The molecule has 1 aromatic rings. The number of unbranched alkanes of at least 4 members (excludes halogenated alkanes) is 2. The fraction of sp³-hybridized carbons (Fsp3) is 0.667. The molecule has 20 heavy (non-hydrogen) atoms. The van der Waals surface area contributed by atoms with Crippen molar-refractivity contribution >= 4 is 0 Å². The molecule has 2 atom stereocenters. The molecule has 0 aliphatic heterocycles. The molecule has 0 amide bonds. The second-order valence-corrected chi connectivity index (χ2v) is 6.13. The number of hydrogen-bond donors (Lipinski definition) is 2. The Hall–Kier alpha value is -0.860. The summed E-state index contributed by atoms with van der Waals surface area (Å²) in [5.74, 6) is 0. The molecule has 2 heteroatoms. The predicted octanol–water partition coefficient (Wildman–Crippen LogP) is 3.77. The molecule has 112 valence electrons. The third-order valence-electron chi connectivity index (χ3n) is 4.43. The summed E-state index contributed by atoms with van der Waals surface area (Å²) in [4.78, 5) is 0. The summed E-state index contributed by atoms with van der Waals surface area (Å²) in [7, 11) is 0. The summed E-state index contributed by atoms with van der Waals surface area (Å²) < 4.78 is 0. The normalized spacial score (nSPS) is 17.6. The molecule has 0 spiro atoms. The van der Waals surface area contributed by atoms with Crippen LogP contribution >= 0.6 is 0 Å². The number of fused-ring (bicyclic) bond motifs is 1. The van der Waals surface area contributed by atoms with E-state index in [0.29, 0.717) is 0 Å². The highest BCUT2D eigenvalue weighted by Gasteiger charge is 2.18. The lowest BCUT2D eigenvalue weighted by atomic mass is 9.89. The number of hydrogen-bond acceptors (Lipinski definition) is 2. The van der Waals surface area contributed by atoms with Gasteiger partial charge in [0.15, 0.2) is 0 Å². The van der Waals surface area contributed by atoms with Crippen LogP contribution in [0, 0.1) is 0 Å². The summed E-state index contributed by atoms with van der Waals surface area (Å²) >= 11 is 0. The third-order valence-corrected chi connectivity index (χ3v) is 4.43. The molecular weight excluding hydrogens is 246 g/mol. The van der Waals surface area contributed by atoms with Gasteiger partial charge in [0.25, 0.3) is 0 Å². The van der Waals surface area contributed by atoms with Crippen molar-refractivity contribution < 1.29 is 5.11 Å². The fourth-order valence-corrected chi connectivity index (χ4v) is 3.04. The van der Waals surface area contributed by atoms with Crippen LogP contribution in [-0.4, -0.2) is 17.7 Å². The van der Waals surface area contributed by atoms with E-state index in [1.54, 1.807) is 0 Å². The molecule has 0 fully saturated rings. The zero-order valence-electron chi connectivity index (χ0n) is 13.0. The van der Waals surface area contributed by atoms with Crippen molar-refractivity contribution in [1.29, 1.82) is 0 Å². The number of aryl methyl sites for hydroxylation is 2. The first-order valence-corrected chi connectivity index (χ1v) is 8.25. The first-order valence-electron chi connectivity index (χ1n) is 8.25. The van der Waals surface area contributed by atoms with E-state index in [0.717, 1.165) is 12.1 Å². The van der Waals surface area contributed by atoms with Gasteiger partial charge in [0, 0.05) is 6.04 Å². The van der Waals surface area contributed by atoms with Crippen molar-refractivity contribution in [3.63, 3.8) is 0 Å². The van der Waals surface area contributed by atoms with Crippen LogP contribution in [0.2, 0.25) is 0 Å². The van der Waals surface area contributed by atoms with E-state index in [2.05, 4.69) is 37.4 Å². The molecule has 2 unspecified atom stereocenters. The molecule has 2 N–H and O–H groups in total. The van der Waals surface area contributed by atoms with E-state index >= 15 is 0 Å². The standard InChI is InChI=1S/C18H29NO/c1-3-4-7-12-19-14(2)18(20)17-11-10-15-8-5-6-9-16(15)13-17/h10-11,13-14,18-20H,3-9,12H2,1-2H3. The predicted molar refractivity (Wildman–Crippen MR) is 85.0 cm³/mol. The van der Waals surface area contributed by atoms with E-state index in [-0.39, 0.29) is 6.04 Å². The minimum atomic E-state index is -0.399. The zero-order valence-corrected chi connectivity index (χ0v) is 13.0. The Morgan fingerprint density at radius 2 is 1.90 bits per heavy atom. The highest BCUT2D eigenvalue weighted by Crippen LogP contribution is 2.26. The summed E-state index contributed by atoms with van der Waals surface area (Å²) in [6.45, 7) is 5.29.